The van der Waals surface area contributed by atoms with E-state index in [1.807, 2.05) is 12.1 Å². The minimum Gasteiger partial charge on any atom is -0.491 e. The van der Waals surface area contributed by atoms with Crippen LogP contribution in [-0.4, -0.2) is 69.0 Å². The molecule has 37 heavy (non-hydrogen) atoms. The van der Waals surface area contributed by atoms with Gasteiger partial charge in [0.1, 0.15) is 16.1 Å². The van der Waals surface area contributed by atoms with Gasteiger partial charge >= 0.3 is 0 Å². The zero-order chi connectivity index (χ0) is 26.8. The fraction of sp³-hybridized carbons (Fsp3) is 0.586. The number of carbonyl (C=O) groups excluding carboxylic acids is 1. The van der Waals surface area contributed by atoms with Gasteiger partial charge in [0.15, 0.2) is 5.78 Å². The van der Waals surface area contributed by atoms with Crippen LogP contribution >= 0.6 is 20.7 Å². The third-order valence-electron chi connectivity index (χ3n) is 6.83. The van der Waals surface area contributed by atoms with E-state index in [9.17, 15) is 9.90 Å². The minimum atomic E-state index is -0.450. The second-order valence-corrected chi connectivity index (χ2v) is 14.9. The van der Waals surface area contributed by atoms with Gasteiger partial charge in [0.25, 0.3) is 0 Å². The highest BCUT2D eigenvalue weighted by Crippen LogP contribution is 2.34. The van der Waals surface area contributed by atoms with Crippen molar-refractivity contribution in [3.8, 4) is 5.75 Å². The summed E-state index contributed by atoms with van der Waals surface area (Å²) < 4.78 is 18.5. The predicted molar refractivity (Wildman–Crippen MR) is 156 cm³/mol. The number of aliphatic hydroxyl groups is 1. The van der Waals surface area contributed by atoms with Crippen molar-refractivity contribution >= 4 is 41.6 Å². The molecule has 7 nitrogen and oxygen atoms in total. The third kappa shape index (κ3) is 7.22. The Kier molecular flexibility index (Phi) is 8.82. The van der Waals surface area contributed by atoms with Gasteiger partial charge in [-0.15, -0.1) is 0 Å². The van der Waals surface area contributed by atoms with E-state index < -0.39 is 20.7 Å². The van der Waals surface area contributed by atoms with Crippen molar-refractivity contribution < 1.29 is 24.1 Å². The summed E-state index contributed by atoms with van der Waals surface area (Å²) in [5, 5.41) is 17.8. The molecule has 202 valence electrons. The number of benzene rings is 1. The maximum atomic E-state index is 13.5. The topological polar surface area (TPSA) is 101 Å². The van der Waals surface area contributed by atoms with E-state index in [2.05, 4.69) is 40.7 Å². The Hall–Kier alpha value is -1.75. The zero-order valence-electron chi connectivity index (χ0n) is 22.5. The lowest BCUT2D eigenvalue weighted by atomic mass is 9.85. The first-order chi connectivity index (χ1) is 17.5. The van der Waals surface area contributed by atoms with Gasteiger partial charge in [-0.1, -0.05) is 48.4 Å². The molecule has 3 aliphatic heterocycles. The molecule has 1 aromatic carbocycles. The Labute approximate surface area is 229 Å². The highest BCUT2D eigenvalue weighted by atomic mass is 127. The smallest absolute Gasteiger partial charge is 0.165 e. The number of ether oxygens (including phenoxy) is 3. The van der Waals surface area contributed by atoms with Crippen molar-refractivity contribution in [2.75, 3.05) is 33.0 Å². The maximum Gasteiger partial charge on any atom is 0.165 e. The second kappa shape index (κ2) is 11.6. The van der Waals surface area contributed by atoms with Gasteiger partial charge in [-0.2, -0.15) is 0 Å². The van der Waals surface area contributed by atoms with Crippen LogP contribution in [0.15, 0.2) is 34.8 Å². The summed E-state index contributed by atoms with van der Waals surface area (Å²) in [6.45, 7) is 12.8. The van der Waals surface area contributed by atoms with Gasteiger partial charge in [-0.05, 0) is 47.8 Å². The standard InChI is InChI=1S/C29H39IN2O5/c1-18-8-26(37-17-29(5)15-35-16-29)30-24-13-21(31)12-22(32-27(18)24)14-25(34)19-9-20(28(2,3)4)11-23(10-19)36-7-6-33/h8-11,22,24,31,33H,6-7,12-17H2,1-5H3. The molecular formula is C29H39IN2O5. The van der Waals surface area contributed by atoms with Gasteiger partial charge in [0.2, 0.25) is 0 Å². The van der Waals surface area contributed by atoms with E-state index >= 15 is 0 Å². The number of aliphatic hydroxyl groups excluding tert-OH is 1. The first kappa shape index (κ1) is 28.3. The molecule has 2 unspecified atom stereocenters. The molecule has 4 rings (SSSR count). The zero-order valence-corrected chi connectivity index (χ0v) is 24.7. The summed E-state index contributed by atoms with van der Waals surface area (Å²) in [6, 6.07) is 5.39. The molecule has 1 aromatic rings. The molecule has 1 saturated heterocycles. The average Bonchev–Trinajstić information content (AvgIpc) is 2.97. The average molecular weight is 623 g/mol. The lowest BCUT2D eigenvalue weighted by Crippen LogP contribution is -2.44. The summed E-state index contributed by atoms with van der Waals surface area (Å²) in [5.41, 5.74) is 4.34. The van der Waals surface area contributed by atoms with Crippen molar-refractivity contribution in [3.63, 3.8) is 0 Å². The summed E-state index contributed by atoms with van der Waals surface area (Å²) >= 11 is -0.450. The fourth-order valence-electron chi connectivity index (χ4n) is 4.59. The number of fused-ring (bicyclic) bond motifs is 1. The molecule has 0 aliphatic carbocycles. The highest BCUT2D eigenvalue weighted by molar-refractivity contribution is 14.2. The molecule has 2 N–H and O–H groups in total. The number of hydrogen-bond donors (Lipinski definition) is 2. The van der Waals surface area contributed by atoms with Crippen LogP contribution in [-0.2, 0) is 14.9 Å². The van der Waals surface area contributed by atoms with Crippen LogP contribution < -0.4 is 4.74 Å². The van der Waals surface area contributed by atoms with Crippen molar-refractivity contribution in [1.82, 2.24) is 0 Å². The van der Waals surface area contributed by atoms with Crippen molar-refractivity contribution in [1.29, 1.82) is 5.41 Å². The number of ketones is 1. The Balaban J connectivity index is 1.52. The largest absolute Gasteiger partial charge is 0.491 e. The maximum absolute atomic E-state index is 13.5. The molecule has 0 radical (unpaired) electrons. The van der Waals surface area contributed by atoms with E-state index in [1.165, 1.54) is 0 Å². The monoisotopic (exact) mass is 622 g/mol. The van der Waals surface area contributed by atoms with E-state index in [1.54, 1.807) is 6.07 Å². The predicted octanol–water partition coefficient (Wildman–Crippen LogP) is 5.03. The van der Waals surface area contributed by atoms with Gasteiger partial charge in [-0.3, -0.25) is 9.79 Å². The first-order valence-electron chi connectivity index (χ1n) is 12.9. The Morgan fingerprint density at radius 2 is 2.00 bits per heavy atom. The number of alkyl halides is 1. The highest BCUT2D eigenvalue weighted by Gasteiger charge is 2.35. The van der Waals surface area contributed by atoms with Gasteiger partial charge in [0.05, 0.1) is 42.1 Å². The normalized spacial score (nSPS) is 23.4. The minimum absolute atomic E-state index is 0.000709. The van der Waals surface area contributed by atoms with Crippen LogP contribution in [0.4, 0.5) is 0 Å². The molecule has 0 aromatic heterocycles. The number of Topliss-reactive ketones (excluding diaryl/α,β-unsaturated/α-hetero) is 1. The van der Waals surface area contributed by atoms with Gasteiger partial charge < -0.3 is 24.7 Å². The number of halogens is 1. The lowest BCUT2D eigenvalue weighted by Gasteiger charge is -2.37. The van der Waals surface area contributed by atoms with Crippen LogP contribution in [0.5, 0.6) is 5.75 Å². The second-order valence-electron chi connectivity index (χ2n) is 11.7. The van der Waals surface area contributed by atoms with E-state index in [0.717, 1.165) is 33.8 Å². The molecular weight excluding hydrogens is 583 g/mol. The van der Waals surface area contributed by atoms with Crippen LogP contribution in [0.2, 0.25) is 0 Å². The summed E-state index contributed by atoms with van der Waals surface area (Å²) in [4.78, 5) is 18.5. The number of aliphatic imine (C=N–C) groups is 1. The molecule has 0 saturated carbocycles. The van der Waals surface area contributed by atoms with Crippen molar-refractivity contribution in [2.24, 2.45) is 10.4 Å². The molecule has 8 heteroatoms. The first-order valence-corrected chi connectivity index (χ1v) is 15.2. The number of nitrogens with zero attached hydrogens (tertiary/aromatic N) is 1. The summed E-state index contributed by atoms with van der Waals surface area (Å²) in [7, 11) is 0. The molecule has 0 amide bonds. The number of rotatable bonds is 9. The van der Waals surface area contributed by atoms with Crippen LogP contribution in [0, 0.1) is 10.8 Å². The Morgan fingerprint density at radius 1 is 1.24 bits per heavy atom. The van der Waals surface area contributed by atoms with E-state index in [0.29, 0.717) is 36.5 Å². The molecule has 0 spiro atoms. The Bertz CT molecular complexity index is 1140. The van der Waals surface area contributed by atoms with Gasteiger partial charge in [0, 0.05) is 36.0 Å². The van der Waals surface area contributed by atoms with Crippen LogP contribution in [0.3, 0.4) is 0 Å². The van der Waals surface area contributed by atoms with Crippen LogP contribution in [0.1, 0.15) is 69.8 Å². The lowest BCUT2D eigenvalue weighted by molar-refractivity contribution is -0.121. The molecule has 3 aliphatic rings. The number of allylic oxidation sites excluding steroid dienone is 1. The molecule has 3 heterocycles. The molecule has 2 atom stereocenters. The van der Waals surface area contributed by atoms with Crippen molar-refractivity contribution in [2.45, 2.75) is 69.3 Å². The SMILES string of the molecule is CC1=CC(OCC2(C)COC2)=IC2CC(=N)CC(CC(=O)c3cc(OCCO)cc(C(C)(C)C)c3)N=C12. The van der Waals surface area contributed by atoms with E-state index in [4.69, 9.17) is 24.6 Å². The summed E-state index contributed by atoms with van der Waals surface area (Å²) in [5.74, 6) is 0.588. The number of hydrogen-bond acceptors (Lipinski definition) is 7. The number of carbonyl (C=O) groups is 1. The summed E-state index contributed by atoms with van der Waals surface area (Å²) in [6.07, 6.45) is 3.56. The molecule has 0 bridgehead atoms. The van der Waals surface area contributed by atoms with E-state index in [-0.39, 0.29) is 46.2 Å². The molecule has 1 fully saturated rings. The van der Waals surface area contributed by atoms with Crippen LogP contribution in [0.25, 0.3) is 0 Å². The van der Waals surface area contributed by atoms with Crippen molar-refractivity contribution in [3.05, 3.63) is 41.0 Å². The quantitative estimate of drug-likeness (QED) is 0.229. The Morgan fingerprint density at radius 3 is 2.65 bits per heavy atom. The fourth-order valence-corrected chi connectivity index (χ4v) is 8.01. The third-order valence-corrected chi connectivity index (χ3v) is 9.85. The number of nitrogens with one attached hydrogen (secondary N) is 1. The van der Waals surface area contributed by atoms with Gasteiger partial charge in [-0.25, -0.2) is 0 Å².